The fraction of sp³-hybridized carbons (Fsp3) is 0.385. The molecule has 1 rings (SSSR count). The maximum atomic E-state index is 12.4. The van der Waals surface area contributed by atoms with Gasteiger partial charge in [0.25, 0.3) is 5.91 Å². The summed E-state index contributed by atoms with van der Waals surface area (Å²) in [7, 11) is 1.58. The van der Waals surface area contributed by atoms with Gasteiger partial charge in [-0.2, -0.15) is 0 Å². The van der Waals surface area contributed by atoms with Crippen molar-refractivity contribution >= 4 is 27.7 Å². The molecule has 7 heteroatoms. The zero-order valence-electron chi connectivity index (χ0n) is 11.3. The summed E-state index contributed by atoms with van der Waals surface area (Å²) in [6.45, 7) is 1.25. The number of oxime groups is 1. The molecule has 1 amide bonds. The van der Waals surface area contributed by atoms with Crippen LogP contribution in [-0.2, 0) is 4.74 Å². The molecule has 0 aliphatic heterocycles. The van der Waals surface area contributed by atoms with Crippen LogP contribution in [0.5, 0.6) is 0 Å². The van der Waals surface area contributed by atoms with E-state index in [1.165, 1.54) is 0 Å². The van der Waals surface area contributed by atoms with Crippen LogP contribution in [-0.4, -0.2) is 48.7 Å². The summed E-state index contributed by atoms with van der Waals surface area (Å²) in [6.07, 6.45) is 0.308. The third-order valence-corrected chi connectivity index (χ3v) is 3.24. The number of nitrogens with zero attached hydrogens (tertiary/aromatic N) is 2. The summed E-state index contributed by atoms with van der Waals surface area (Å²) in [5.74, 6) is -0.0173. The van der Waals surface area contributed by atoms with Crippen LogP contribution in [0.25, 0.3) is 0 Å². The fourth-order valence-corrected chi connectivity index (χ4v) is 1.86. The first-order valence-corrected chi connectivity index (χ1v) is 6.88. The molecule has 0 aromatic heterocycles. The number of methoxy groups -OCH3 is 1. The third-order valence-electron chi connectivity index (χ3n) is 2.71. The van der Waals surface area contributed by atoms with Crippen molar-refractivity contribution in [3.63, 3.8) is 0 Å². The summed E-state index contributed by atoms with van der Waals surface area (Å²) < 4.78 is 5.91. The van der Waals surface area contributed by atoms with E-state index < -0.39 is 0 Å². The first-order chi connectivity index (χ1) is 9.58. The highest BCUT2D eigenvalue weighted by Crippen LogP contribution is 2.12. The molecule has 0 spiro atoms. The summed E-state index contributed by atoms with van der Waals surface area (Å²) in [5.41, 5.74) is 6.02. The monoisotopic (exact) mass is 343 g/mol. The second-order valence-corrected chi connectivity index (χ2v) is 5.05. The van der Waals surface area contributed by atoms with Gasteiger partial charge in [-0.1, -0.05) is 21.1 Å². The predicted octanol–water partition coefficient (Wildman–Crippen LogP) is 1.67. The lowest BCUT2D eigenvalue weighted by Gasteiger charge is -2.22. The number of hydrogen-bond acceptors (Lipinski definition) is 4. The lowest BCUT2D eigenvalue weighted by Crippen LogP contribution is -2.36. The molecular formula is C13H18BrN3O3. The molecule has 20 heavy (non-hydrogen) atoms. The maximum absolute atomic E-state index is 12.4. The van der Waals surface area contributed by atoms with Gasteiger partial charge in [0.15, 0.2) is 0 Å². The number of halogens is 1. The molecule has 0 aliphatic carbocycles. The number of rotatable bonds is 7. The molecule has 3 N–H and O–H groups in total. The van der Waals surface area contributed by atoms with Gasteiger partial charge in [-0.3, -0.25) is 4.79 Å². The molecule has 1 aromatic carbocycles. The van der Waals surface area contributed by atoms with E-state index >= 15 is 0 Å². The van der Waals surface area contributed by atoms with Crippen molar-refractivity contribution in [1.29, 1.82) is 0 Å². The molecule has 0 bridgehead atoms. The average molecular weight is 344 g/mol. The lowest BCUT2D eigenvalue weighted by atomic mass is 10.2. The third kappa shape index (κ3) is 5.18. The Morgan fingerprint density at radius 2 is 2.05 bits per heavy atom. The molecule has 0 fully saturated rings. The van der Waals surface area contributed by atoms with Crippen molar-refractivity contribution in [2.45, 2.75) is 6.42 Å². The van der Waals surface area contributed by atoms with Gasteiger partial charge in [0.2, 0.25) is 0 Å². The van der Waals surface area contributed by atoms with Crippen LogP contribution in [0, 0.1) is 0 Å². The van der Waals surface area contributed by atoms with Gasteiger partial charge in [-0.15, -0.1) is 0 Å². The SMILES string of the molecule is COCCN(CCC(N)=NO)C(=O)c1ccc(Br)cc1. The second-order valence-electron chi connectivity index (χ2n) is 4.13. The van der Waals surface area contributed by atoms with Crippen LogP contribution in [0.4, 0.5) is 0 Å². The van der Waals surface area contributed by atoms with Crippen molar-refractivity contribution in [2.75, 3.05) is 26.8 Å². The van der Waals surface area contributed by atoms with E-state index in [-0.39, 0.29) is 11.7 Å². The van der Waals surface area contributed by atoms with E-state index in [0.29, 0.717) is 31.7 Å². The molecule has 0 heterocycles. The van der Waals surface area contributed by atoms with Gasteiger partial charge >= 0.3 is 0 Å². The van der Waals surface area contributed by atoms with E-state index in [4.69, 9.17) is 15.7 Å². The molecule has 6 nitrogen and oxygen atoms in total. The van der Waals surface area contributed by atoms with Crippen molar-refractivity contribution in [2.24, 2.45) is 10.9 Å². The Morgan fingerprint density at radius 1 is 1.40 bits per heavy atom. The van der Waals surface area contributed by atoms with E-state index in [9.17, 15) is 4.79 Å². The number of benzene rings is 1. The molecule has 0 unspecified atom stereocenters. The number of hydrogen-bond donors (Lipinski definition) is 2. The largest absolute Gasteiger partial charge is 0.409 e. The summed E-state index contributed by atoms with van der Waals surface area (Å²) in [6, 6.07) is 7.11. The zero-order valence-corrected chi connectivity index (χ0v) is 12.8. The number of ether oxygens (including phenoxy) is 1. The lowest BCUT2D eigenvalue weighted by molar-refractivity contribution is 0.0700. The maximum Gasteiger partial charge on any atom is 0.253 e. The van der Waals surface area contributed by atoms with Crippen molar-refractivity contribution in [3.8, 4) is 0 Å². The molecule has 1 aromatic rings. The number of carbonyl (C=O) groups is 1. The predicted molar refractivity (Wildman–Crippen MR) is 79.9 cm³/mol. The summed E-state index contributed by atoms with van der Waals surface area (Å²) >= 11 is 3.33. The smallest absolute Gasteiger partial charge is 0.253 e. The number of amides is 1. The quantitative estimate of drug-likeness (QED) is 0.341. The minimum Gasteiger partial charge on any atom is -0.409 e. The Labute approximate surface area is 126 Å². The van der Waals surface area contributed by atoms with Crippen LogP contribution >= 0.6 is 15.9 Å². The standard InChI is InChI=1S/C13H18BrN3O3/c1-20-9-8-17(7-6-12(15)16-19)13(18)10-2-4-11(14)5-3-10/h2-5,19H,6-9H2,1H3,(H2,15,16). The molecule has 0 atom stereocenters. The van der Waals surface area contributed by atoms with Crippen LogP contribution in [0.3, 0.4) is 0 Å². The Bertz CT molecular complexity index is 462. The molecular weight excluding hydrogens is 326 g/mol. The highest BCUT2D eigenvalue weighted by Gasteiger charge is 2.15. The Kier molecular flexibility index (Phi) is 7.03. The Hall–Kier alpha value is -1.60. The zero-order chi connectivity index (χ0) is 15.0. The summed E-state index contributed by atoms with van der Waals surface area (Å²) in [5, 5.41) is 11.4. The first kappa shape index (κ1) is 16.5. The van der Waals surface area contributed by atoms with Crippen molar-refractivity contribution < 1.29 is 14.7 Å². The van der Waals surface area contributed by atoms with Crippen LogP contribution in [0.15, 0.2) is 33.9 Å². The molecule has 0 saturated heterocycles. The Morgan fingerprint density at radius 3 is 2.60 bits per heavy atom. The molecule has 0 radical (unpaired) electrons. The number of carbonyl (C=O) groups excluding carboxylic acids is 1. The summed E-state index contributed by atoms with van der Waals surface area (Å²) in [4.78, 5) is 14.0. The highest BCUT2D eigenvalue weighted by molar-refractivity contribution is 9.10. The minimum atomic E-state index is -0.111. The van der Waals surface area contributed by atoms with Crippen LogP contribution < -0.4 is 5.73 Å². The average Bonchev–Trinajstić information content (AvgIpc) is 2.47. The first-order valence-electron chi connectivity index (χ1n) is 6.08. The van der Waals surface area contributed by atoms with E-state index in [1.807, 2.05) is 12.1 Å². The topological polar surface area (TPSA) is 88.2 Å². The van der Waals surface area contributed by atoms with Crippen LogP contribution in [0.1, 0.15) is 16.8 Å². The van der Waals surface area contributed by atoms with Crippen LogP contribution in [0.2, 0.25) is 0 Å². The molecule has 0 aliphatic rings. The second kappa shape index (κ2) is 8.55. The molecule has 110 valence electrons. The molecule has 0 saturated carbocycles. The Balaban J connectivity index is 2.75. The normalized spacial score (nSPS) is 11.4. The van der Waals surface area contributed by atoms with Gasteiger partial charge in [0.05, 0.1) is 6.61 Å². The van der Waals surface area contributed by atoms with Gasteiger partial charge in [-0.25, -0.2) is 0 Å². The number of amidine groups is 1. The van der Waals surface area contributed by atoms with Crippen molar-refractivity contribution in [3.05, 3.63) is 34.3 Å². The van der Waals surface area contributed by atoms with Crippen molar-refractivity contribution in [1.82, 2.24) is 4.90 Å². The number of nitrogens with two attached hydrogens (primary N) is 1. The van der Waals surface area contributed by atoms with Gasteiger partial charge in [0, 0.05) is 36.7 Å². The fourth-order valence-electron chi connectivity index (χ4n) is 1.59. The minimum absolute atomic E-state index is 0.0935. The highest BCUT2D eigenvalue weighted by atomic mass is 79.9. The van der Waals surface area contributed by atoms with E-state index in [2.05, 4.69) is 21.1 Å². The van der Waals surface area contributed by atoms with E-state index in [0.717, 1.165) is 4.47 Å². The van der Waals surface area contributed by atoms with Gasteiger partial charge in [0.1, 0.15) is 5.84 Å². The van der Waals surface area contributed by atoms with Gasteiger partial charge in [-0.05, 0) is 24.3 Å². The van der Waals surface area contributed by atoms with E-state index in [1.54, 1.807) is 24.1 Å². The van der Waals surface area contributed by atoms with Gasteiger partial charge < -0.3 is 20.6 Å².